The van der Waals surface area contributed by atoms with Crippen LogP contribution in [0.15, 0.2) is 24.3 Å². The van der Waals surface area contributed by atoms with Crippen LogP contribution >= 0.6 is 0 Å². The molecule has 1 unspecified atom stereocenters. The monoisotopic (exact) mass is 230 g/mol. The normalized spacial score (nSPS) is 26.8. The molecule has 2 aliphatic rings. The molecule has 1 aliphatic carbocycles. The highest BCUT2D eigenvalue weighted by Crippen LogP contribution is 2.55. The van der Waals surface area contributed by atoms with Crippen molar-refractivity contribution in [3.63, 3.8) is 0 Å². The van der Waals surface area contributed by atoms with Crippen LogP contribution < -0.4 is 11.1 Å². The maximum Gasteiger partial charge on any atom is 0.141 e. The number of piperidine rings is 1. The third-order valence-corrected chi connectivity index (χ3v) is 4.33. The van der Waals surface area contributed by atoms with Gasteiger partial charge >= 0.3 is 0 Å². The molecule has 3 nitrogen and oxygen atoms in total. The molecule has 0 amide bonds. The molecule has 1 aromatic rings. The van der Waals surface area contributed by atoms with Gasteiger partial charge in [-0.25, -0.2) is 0 Å². The molecule has 0 bridgehead atoms. The van der Waals surface area contributed by atoms with Crippen molar-refractivity contribution in [3.8, 4) is 0 Å². The molecule has 0 radical (unpaired) electrons. The Balaban J connectivity index is 1.89. The lowest BCUT2D eigenvalue weighted by molar-refractivity contribution is -0.138. The summed E-state index contributed by atoms with van der Waals surface area (Å²) in [6.45, 7) is 2.08. The Morgan fingerprint density at radius 2 is 1.82 bits per heavy atom. The molecule has 1 spiro atoms. The molecule has 1 aliphatic heterocycles. The highest BCUT2D eigenvalue weighted by Gasteiger charge is 2.53. The van der Waals surface area contributed by atoms with Crippen molar-refractivity contribution < 1.29 is 4.79 Å². The van der Waals surface area contributed by atoms with Crippen LogP contribution in [0, 0.1) is 5.41 Å². The van der Waals surface area contributed by atoms with Crippen molar-refractivity contribution in [2.24, 2.45) is 5.41 Å². The Labute approximate surface area is 101 Å². The molecular weight excluding hydrogens is 212 g/mol. The molecule has 0 aromatic heterocycles. The summed E-state index contributed by atoms with van der Waals surface area (Å²) in [6, 6.07) is 7.83. The number of nitrogens with one attached hydrogen (secondary N) is 1. The molecule has 90 valence electrons. The summed E-state index contributed by atoms with van der Waals surface area (Å²) < 4.78 is 0. The second kappa shape index (κ2) is 3.84. The van der Waals surface area contributed by atoms with Crippen LogP contribution in [-0.4, -0.2) is 18.9 Å². The summed E-state index contributed by atoms with van der Waals surface area (Å²) in [5.41, 5.74) is 7.84. The van der Waals surface area contributed by atoms with E-state index in [9.17, 15) is 4.79 Å². The number of rotatable bonds is 1. The Hall–Kier alpha value is -1.35. The van der Waals surface area contributed by atoms with E-state index >= 15 is 0 Å². The molecule has 1 saturated carbocycles. The molecule has 1 aromatic carbocycles. The first kappa shape index (κ1) is 10.8. The van der Waals surface area contributed by atoms with E-state index in [-0.39, 0.29) is 11.3 Å². The van der Waals surface area contributed by atoms with E-state index < -0.39 is 0 Å². The van der Waals surface area contributed by atoms with Crippen LogP contribution in [0.1, 0.15) is 30.7 Å². The lowest BCUT2D eigenvalue weighted by atomic mass is 9.53. The van der Waals surface area contributed by atoms with E-state index in [0.717, 1.165) is 43.6 Å². The van der Waals surface area contributed by atoms with E-state index in [2.05, 4.69) is 5.32 Å². The minimum absolute atomic E-state index is 0.116. The fourth-order valence-corrected chi connectivity index (χ4v) is 3.38. The average molecular weight is 230 g/mol. The average Bonchev–Trinajstić information content (AvgIpc) is 2.33. The van der Waals surface area contributed by atoms with Gasteiger partial charge in [-0.05, 0) is 49.0 Å². The first-order valence-corrected chi connectivity index (χ1v) is 6.30. The van der Waals surface area contributed by atoms with Gasteiger partial charge in [0.2, 0.25) is 0 Å². The van der Waals surface area contributed by atoms with Gasteiger partial charge in [0.15, 0.2) is 0 Å². The molecule has 3 rings (SSSR count). The minimum Gasteiger partial charge on any atom is -0.399 e. The number of carbonyl (C=O) groups is 1. The lowest BCUT2D eigenvalue weighted by Crippen LogP contribution is -2.52. The summed E-state index contributed by atoms with van der Waals surface area (Å²) >= 11 is 0. The summed E-state index contributed by atoms with van der Waals surface area (Å²) in [4.78, 5) is 11.9. The zero-order valence-electron chi connectivity index (χ0n) is 9.91. The van der Waals surface area contributed by atoms with Gasteiger partial charge in [-0.2, -0.15) is 0 Å². The van der Waals surface area contributed by atoms with Crippen molar-refractivity contribution >= 4 is 11.5 Å². The fraction of sp³-hybridized carbons (Fsp3) is 0.500. The first-order chi connectivity index (χ1) is 8.21. The van der Waals surface area contributed by atoms with E-state index in [4.69, 9.17) is 5.73 Å². The Morgan fingerprint density at radius 1 is 1.18 bits per heavy atom. The van der Waals surface area contributed by atoms with Gasteiger partial charge in [-0.3, -0.25) is 4.79 Å². The number of nitrogens with two attached hydrogens (primary N) is 1. The number of Topliss-reactive ketones (excluding diaryl/α,β-unsaturated/α-hetero) is 1. The van der Waals surface area contributed by atoms with Gasteiger partial charge < -0.3 is 11.1 Å². The maximum atomic E-state index is 11.9. The number of benzene rings is 1. The van der Waals surface area contributed by atoms with Crippen LogP contribution in [0.3, 0.4) is 0 Å². The van der Waals surface area contributed by atoms with Gasteiger partial charge in [0.1, 0.15) is 5.78 Å². The van der Waals surface area contributed by atoms with Crippen LogP contribution in [0.2, 0.25) is 0 Å². The van der Waals surface area contributed by atoms with Gasteiger partial charge in [0, 0.05) is 18.0 Å². The molecular formula is C14H18N2O. The molecule has 1 saturated heterocycles. The standard InChI is InChI=1S/C14H18N2O/c15-11-3-1-10(2-4-11)13-12(17)9-14(13)5-7-16-8-6-14/h1-4,13,16H,5-9,15H2. The summed E-state index contributed by atoms with van der Waals surface area (Å²) in [7, 11) is 0. The molecule has 3 N–H and O–H groups in total. The van der Waals surface area contributed by atoms with Crippen LogP contribution in [0.4, 0.5) is 5.69 Å². The number of anilines is 1. The van der Waals surface area contributed by atoms with E-state index in [1.165, 1.54) is 0 Å². The number of nitrogen functional groups attached to an aromatic ring is 1. The first-order valence-electron chi connectivity index (χ1n) is 6.30. The SMILES string of the molecule is Nc1ccc(C2C(=O)CC23CCNCC3)cc1. The Kier molecular flexibility index (Phi) is 2.44. The summed E-state index contributed by atoms with van der Waals surface area (Å²) in [6.07, 6.45) is 3.01. The van der Waals surface area contributed by atoms with Crippen molar-refractivity contribution in [2.45, 2.75) is 25.2 Å². The van der Waals surface area contributed by atoms with Gasteiger partial charge in [0.25, 0.3) is 0 Å². The Bertz CT molecular complexity index is 432. The zero-order chi connectivity index (χ0) is 11.9. The van der Waals surface area contributed by atoms with Gasteiger partial charge in [-0.1, -0.05) is 12.1 Å². The second-order valence-corrected chi connectivity index (χ2v) is 5.36. The van der Waals surface area contributed by atoms with Crippen LogP contribution in [-0.2, 0) is 4.79 Å². The van der Waals surface area contributed by atoms with Crippen molar-refractivity contribution in [3.05, 3.63) is 29.8 Å². The van der Waals surface area contributed by atoms with Crippen LogP contribution in [0.5, 0.6) is 0 Å². The quantitative estimate of drug-likeness (QED) is 0.722. The molecule has 1 atom stereocenters. The highest BCUT2D eigenvalue weighted by molar-refractivity contribution is 5.94. The van der Waals surface area contributed by atoms with E-state index in [0.29, 0.717) is 5.78 Å². The summed E-state index contributed by atoms with van der Waals surface area (Å²) in [5, 5.41) is 3.37. The minimum atomic E-state index is 0.116. The smallest absolute Gasteiger partial charge is 0.141 e. The zero-order valence-corrected chi connectivity index (χ0v) is 9.91. The van der Waals surface area contributed by atoms with E-state index in [1.54, 1.807) is 0 Å². The van der Waals surface area contributed by atoms with Crippen molar-refractivity contribution in [2.75, 3.05) is 18.8 Å². The maximum absolute atomic E-state index is 11.9. The van der Waals surface area contributed by atoms with Crippen molar-refractivity contribution in [1.82, 2.24) is 5.32 Å². The predicted molar refractivity (Wildman–Crippen MR) is 67.8 cm³/mol. The summed E-state index contributed by atoms with van der Waals surface area (Å²) in [5.74, 6) is 0.516. The Morgan fingerprint density at radius 3 is 2.41 bits per heavy atom. The number of carbonyl (C=O) groups excluding carboxylic acids is 1. The largest absolute Gasteiger partial charge is 0.399 e. The molecule has 2 fully saturated rings. The number of hydrogen-bond acceptors (Lipinski definition) is 3. The fourth-order valence-electron chi connectivity index (χ4n) is 3.38. The second-order valence-electron chi connectivity index (χ2n) is 5.36. The third kappa shape index (κ3) is 1.65. The molecule has 17 heavy (non-hydrogen) atoms. The number of ketones is 1. The van der Waals surface area contributed by atoms with E-state index in [1.807, 2.05) is 24.3 Å². The van der Waals surface area contributed by atoms with Gasteiger partial charge in [-0.15, -0.1) is 0 Å². The topological polar surface area (TPSA) is 55.1 Å². The highest BCUT2D eigenvalue weighted by atomic mass is 16.1. The number of hydrogen-bond donors (Lipinski definition) is 2. The molecule has 1 heterocycles. The van der Waals surface area contributed by atoms with Crippen molar-refractivity contribution in [1.29, 1.82) is 0 Å². The van der Waals surface area contributed by atoms with Crippen LogP contribution in [0.25, 0.3) is 0 Å². The predicted octanol–water partition coefficient (Wildman–Crippen LogP) is 1.69. The lowest BCUT2D eigenvalue weighted by Gasteiger charge is -2.51. The van der Waals surface area contributed by atoms with Gasteiger partial charge in [0.05, 0.1) is 0 Å². The molecule has 3 heteroatoms. The third-order valence-electron chi connectivity index (χ3n) is 4.33.